The van der Waals surface area contributed by atoms with Gasteiger partial charge in [-0.1, -0.05) is 44.7 Å². The van der Waals surface area contributed by atoms with Crippen LogP contribution < -0.4 is 5.32 Å². The number of hydrogen-bond acceptors (Lipinski definition) is 3. The first-order valence-electron chi connectivity index (χ1n) is 10.4. The summed E-state index contributed by atoms with van der Waals surface area (Å²) in [7, 11) is -3.45. The molecule has 0 bridgehead atoms. The van der Waals surface area contributed by atoms with Crippen LogP contribution in [0.15, 0.2) is 29.2 Å². The molecule has 1 amide bonds. The maximum Gasteiger partial charge on any atom is 0.243 e. The number of sulfonamides is 1. The van der Waals surface area contributed by atoms with Crippen LogP contribution in [0.3, 0.4) is 0 Å². The van der Waals surface area contributed by atoms with Gasteiger partial charge in [0.15, 0.2) is 0 Å². The second kappa shape index (κ2) is 9.20. The van der Waals surface area contributed by atoms with E-state index in [0.29, 0.717) is 30.8 Å². The first-order valence-corrected chi connectivity index (χ1v) is 11.8. The average Bonchev–Trinajstić information content (AvgIpc) is 2.70. The molecule has 1 N–H and O–H groups in total. The van der Waals surface area contributed by atoms with E-state index in [9.17, 15) is 13.2 Å². The monoisotopic (exact) mass is 392 g/mol. The minimum atomic E-state index is -3.45. The number of nitrogens with zero attached hydrogens (tertiary/aromatic N) is 1. The van der Waals surface area contributed by atoms with E-state index in [-0.39, 0.29) is 17.9 Å². The van der Waals surface area contributed by atoms with Crippen LogP contribution in [0.25, 0.3) is 0 Å². The molecule has 2 aliphatic rings. The van der Waals surface area contributed by atoms with Gasteiger partial charge in [-0.25, -0.2) is 8.42 Å². The summed E-state index contributed by atoms with van der Waals surface area (Å²) in [6.45, 7) is 3.05. The molecule has 1 saturated heterocycles. The molecule has 0 atom stereocenters. The highest BCUT2D eigenvalue weighted by Gasteiger charge is 2.31. The van der Waals surface area contributed by atoms with E-state index in [2.05, 4.69) is 12.2 Å². The quantitative estimate of drug-likeness (QED) is 0.806. The van der Waals surface area contributed by atoms with Gasteiger partial charge in [0.1, 0.15) is 0 Å². The topological polar surface area (TPSA) is 66.5 Å². The first-order chi connectivity index (χ1) is 13.0. The van der Waals surface area contributed by atoms with Gasteiger partial charge in [-0.05, 0) is 49.8 Å². The lowest BCUT2D eigenvalue weighted by molar-refractivity contribution is -0.126. The predicted molar refractivity (Wildman–Crippen MR) is 107 cm³/mol. The van der Waals surface area contributed by atoms with Gasteiger partial charge in [0.2, 0.25) is 15.9 Å². The van der Waals surface area contributed by atoms with Crippen molar-refractivity contribution in [2.45, 2.75) is 75.6 Å². The summed E-state index contributed by atoms with van der Waals surface area (Å²) in [4.78, 5) is 12.8. The van der Waals surface area contributed by atoms with Gasteiger partial charge in [-0.3, -0.25) is 4.79 Å². The smallest absolute Gasteiger partial charge is 0.243 e. The second-order valence-electron chi connectivity index (χ2n) is 7.92. The summed E-state index contributed by atoms with van der Waals surface area (Å²) in [5.41, 5.74) is 1.17. The number of rotatable bonds is 6. The van der Waals surface area contributed by atoms with E-state index in [1.165, 1.54) is 12.0 Å². The van der Waals surface area contributed by atoms with Crippen molar-refractivity contribution in [1.82, 2.24) is 9.62 Å². The third-order valence-electron chi connectivity index (χ3n) is 5.88. The summed E-state index contributed by atoms with van der Waals surface area (Å²) in [6, 6.07) is 7.35. The zero-order valence-corrected chi connectivity index (χ0v) is 17.1. The number of benzene rings is 1. The van der Waals surface area contributed by atoms with Crippen molar-refractivity contribution >= 4 is 15.9 Å². The Balaban J connectivity index is 1.53. The Hall–Kier alpha value is -1.40. The number of hydrogen-bond donors (Lipinski definition) is 1. The van der Waals surface area contributed by atoms with Gasteiger partial charge >= 0.3 is 0 Å². The number of amides is 1. The van der Waals surface area contributed by atoms with Crippen LogP contribution in [0.2, 0.25) is 0 Å². The van der Waals surface area contributed by atoms with Gasteiger partial charge in [-0.15, -0.1) is 0 Å². The van der Waals surface area contributed by atoms with Crippen LogP contribution in [0.4, 0.5) is 0 Å². The summed E-state index contributed by atoms with van der Waals surface area (Å²) in [5, 5.41) is 3.16. The molecule has 0 spiro atoms. The molecule has 1 saturated carbocycles. The third-order valence-corrected chi connectivity index (χ3v) is 7.79. The molecule has 6 heteroatoms. The first kappa shape index (κ1) is 20.3. The molecule has 1 heterocycles. The molecule has 1 aromatic rings. The number of nitrogens with one attached hydrogen (secondary N) is 1. The van der Waals surface area contributed by atoms with Crippen molar-refractivity contribution in [3.63, 3.8) is 0 Å². The van der Waals surface area contributed by atoms with E-state index in [0.717, 1.165) is 38.5 Å². The Bertz CT molecular complexity index is 716. The number of carbonyl (C=O) groups is 1. The lowest BCUT2D eigenvalue weighted by Gasteiger charge is -2.33. The van der Waals surface area contributed by atoms with Crippen molar-refractivity contribution in [1.29, 1.82) is 0 Å². The van der Waals surface area contributed by atoms with E-state index in [4.69, 9.17) is 0 Å². The number of piperidine rings is 1. The molecular formula is C21H32N2O3S. The van der Waals surface area contributed by atoms with E-state index in [1.807, 2.05) is 12.1 Å². The van der Waals surface area contributed by atoms with Crippen LogP contribution in [0, 0.1) is 5.92 Å². The van der Waals surface area contributed by atoms with Crippen molar-refractivity contribution in [2.24, 2.45) is 5.92 Å². The average molecular weight is 393 g/mol. The SMILES string of the molecule is CCCc1ccc(S(=O)(=O)N2CCC(NC(=O)C3CCCCC3)CC2)cc1. The maximum atomic E-state index is 12.9. The molecular weight excluding hydrogens is 360 g/mol. The van der Waals surface area contributed by atoms with Crippen LogP contribution in [-0.4, -0.2) is 37.8 Å². The highest BCUT2D eigenvalue weighted by atomic mass is 32.2. The Morgan fingerprint density at radius 3 is 2.26 bits per heavy atom. The zero-order chi connectivity index (χ0) is 19.3. The molecule has 2 fully saturated rings. The normalized spacial score (nSPS) is 20.5. The zero-order valence-electron chi connectivity index (χ0n) is 16.3. The lowest BCUT2D eigenvalue weighted by atomic mass is 9.88. The minimum Gasteiger partial charge on any atom is -0.353 e. The van der Waals surface area contributed by atoms with E-state index in [1.54, 1.807) is 16.4 Å². The molecule has 3 rings (SSSR count). The molecule has 0 unspecified atom stereocenters. The summed E-state index contributed by atoms with van der Waals surface area (Å²) in [6.07, 6.45) is 8.90. The Morgan fingerprint density at radius 2 is 1.67 bits per heavy atom. The third kappa shape index (κ3) is 5.11. The second-order valence-corrected chi connectivity index (χ2v) is 9.85. The Kier molecular flexibility index (Phi) is 6.93. The van der Waals surface area contributed by atoms with Crippen LogP contribution in [0.5, 0.6) is 0 Å². The summed E-state index contributed by atoms with van der Waals surface area (Å²) in [5.74, 6) is 0.324. The predicted octanol–water partition coefficient (Wildman–Crippen LogP) is 3.49. The molecule has 27 heavy (non-hydrogen) atoms. The summed E-state index contributed by atoms with van der Waals surface area (Å²) >= 11 is 0. The Morgan fingerprint density at radius 1 is 1.04 bits per heavy atom. The van der Waals surface area contributed by atoms with Gasteiger partial charge in [0, 0.05) is 25.0 Å². The van der Waals surface area contributed by atoms with Crippen LogP contribution >= 0.6 is 0 Å². The Labute approximate surface area is 163 Å². The lowest BCUT2D eigenvalue weighted by Crippen LogP contribution is -2.48. The standard InChI is InChI=1S/C21H32N2O3S/c1-2-6-17-9-11-20(12-10-17)27(25,26)23-15-13-19(14-16-23)22-21(24)18-7-4-3-5-8-18/h9-12,18-19H,2-8,13-16H2,1H3,(H,22,24). The molecule has 1 aliphatic carbocycles. The van der Waals surface area contributed by atoms with Gasteiger partial charge in [0.25, 0.3) is 0 Å². The number of carbonyl (C=O) groups excluding carboxylic acids is 1. The fourth-order valence-electron chi connectivity index (χ4n) is 4.19. The van der Waals surface area contributed by atoms with Crippen molar-refractivity contribution in [2.75, 3.05) is 13.1 Å². The van der Waals surface area contributed by atoms with Crippen molar-refractivity contribution in [3.05, 3.63) is 29.8 Å². The van der Waals surface area contributed by atoms with Gasteiger partial charge in [-0.2, -0.15) is 4.31 Å². The highest BCUT2D eigenvalue weighted by Crippen LogP contribution is 2.25. The van der Waals surface area contributed by atoms with Crippen molar-refractivity contribution < 1.29 is 13.2 Å². The van der Waals surface area contributed by atoms with Gasteiger partial charge in [0.05, 0.1) is 4.90 Å². The maximum absolute atomic E-state index is 12.9. The molecule has 0 radical (unpaired) electrons. The van der Waals surface area contributed by atoms with Crippen LogP contribution in [0.1, 0.15) is 63.9 Å². The van der Waals surface area contributed by atoms with E-state index < -0.39 is 10.0 Å². The molecule has 5 nitrogen and oxygen atoms in total. The molecule has 0 aromatic heterocycles. The van der Waals surface area contributed by atoms with E-state index >= 15 is 0 Å². The molecule has 150 valence electrons. The fraction of sp³-hybridized carbons (Fsp3) is 0.667. The van der Waals surface area contributed by atoms with Crippen LogP contribution in [-0.2, 0) is 21.2 Å². The van der Waals surface area contributed by atoms with Crippen molar-refractivity contribution in [3.8, 4) is 0 Å². The van der Waals surface area contributed by atoms with Gasteiger partial charge < -0.3 is 5.32 Å². The molecule has 1 aromatic carbocycles. The highest BCUT2D eigenvalue weighted by molar-refractivity contribution is 7.89. The fourth-order valence-corrected chi connectivity index (χ4v) is 5.66. The number of aryl methyl sites for hydroxylation is 1. The summed E-state index contributed by atoms with van der Waals surface area (Å²) < 4.78 is 27.3. The minimum absolute atomic E-state index is 0.0952. The largest absolute Gasteiger partial charge is 0.353 e. The molecule has 1 aliphatic heterocycles.